The van der Waals surface area contributed by atoms with Crippen LogP contribution in [-0.2, 0) is 20.9 Å². The van der Waals surface area contributed by atoms with Crippen LogP contribution in [0.3, 0.4) is 0 Å². The zero-order valence-electron chi connectivity index (χ0n) is 17.1. The lowest BCUT2D eigenvalue weighted by Gasteiger charge is -2.39. The van der Waals surface area contributed by atoms with Crippen molar-refractivity contribution in [2.75, 3.05) is 6.61 Å². The largest absolute Gasteiger partial charge is 0.463 e. The lowest BCUT2D eigenvalue weighted by Crippen LogP contribution is -2.38. The van der Waals surface area contributed by atoms with Crippen molar-refractivity contribution in [2.45, 2.75) is 66.8 Å². The molecule has 0 bridgehead atoms. The van der Waals surface area contributed by atoms with E-state index in [0.29, 0.717) is 24.2 Å². The van der Waals surface area contributed by atoms with Gasteiger partial charge in [-0.2, -0.15) is 5.10 Å². The van der Waals surface area contributed by atoms with Crippen molar-refractivity contribution >= 4 is 11.8 Å². The molecule has 6 heteroatoms. The number of allylic oxidation sites excluding steroid dienone is 3. The highest BCUT2D eigenvalue weighted by molar-refractivity contribution is 6.04. The lowest BCUT2D eigenvalue weighted by molar-refractivity contribution is -0.138. The summed E-state index contributed by atoms with van der Waals surface area (Å²) in [5, 5.41) is 7.80. The normalized spacial score (nSPS) is 21.9. The number of esters is 1. The van der Waals surface area contributed by atoms with E-state index in [0.717, 1.165) is 35.6 Å². The van der Waals surface area contributed by atoms with Gasteiger partial charge in [0.1, 0.15) is 0 Å². The molecule has 1 aromatic heterocycles. The summed E-state index contributed by atoms with van der Waals surface area (Å²) in [4.78, 5) is 26.0. The van der Waals surface area contributed by atoms with Gasteiger partial charge in [-0.3, -0.25) is 9.48 Å². The fraction of sp³-hybridized carbons (Fsp3) is 0.571. The molecule has 0 amide bonds. The van der Waals surface area contributed by atoms with Gasteiger partial charge in [0.05, 0.1) is 24.3 Å². The molecule has 6 nitrogen and oxygen atoms in total. The average Bonchev–Trinajstić information content (AvgIpc) is 2.92. The molecular weight excluding hydrogens is 342 g/mol. The van der Waals surface area contributed by atoms with Gasteiger partial charge >= 0.3 is 5.97 Å². The average molecular weight is 371 g/mol. The molecule has 0 spiro atoms. The Kier molecular flexibility index (Phi) is 5.02. The summed E-state index contributed by atoms with van der Waals surface area (Å²) in [5.41, 5.74) is 4.67. The van der Waals surface area contributed by atoms with Gasteiger partial charge in [0.25, 0.3) is 0 Å². The van der Waals surface area contributed by atoms with Gasteiger partial charge in [-0.05, 0) is 39.5 Å². The first-order chi connectivity index (χ1) is 12.7. The van der Waals surface area contributed by atoms with Gasteiger partial charge in [-0.25, -0.2) is 4.79 Å². The number of nitrogens with zero attached hydrogens (tertiary/aromatic N) is 2. The standard InChI is InChI=1S/C21H29N3O3/c1-7-24-13(4)14(11-22-24)18-17(20(26)27-8-2)12(3)23-15-9-21(5,6)10-16(25)19(15)18/h11,18,23H,7-10H2,1-6H3. The van der Waals surface area contributed by atoms with E-state index < -0.39 is 5.92 Å². The van der Waals surface area contributed by atoms with Crippen LogP contribution in [0, 0.1) is 12.3 Å². The van der Waals surface area contributed by atoms with Crippen LogP contribution in [0.2, 0.25) is 0 Å². The van der Waals surface area contributed by atoms with Crippen molar-refractivity contribution in [3.8, 4) is 0 Å². The molecule has 0 radical (unpaired) electrons. The Hall–Kier alpha value is -2.37. The maximum absolute atomic E-state index is 13.1. The Labute approximate surface area is 160 Å². The van der Waals surface area contributed by atoms with Crippen LogP contribution in [0.1, 0.15) is 64.6 Å². The Morgan fingerprint density at radius 3 is 2.63 bits per heavy atom. The zero-order valence-corrected chi connectivity index (χ0v) is 17.1. The molecule has 0 fully saturated rings. The summed E-state index contributed by atoms with van der Waals surface area (Å²) in [5.74, 6) is -0.707. The minimum Gasteiger partial charge on any atom is -0.463 e. The zero-order chi connectivity index (χ0) is 19.9. The minimum absolute atomic E-state index is 0.0942. The third-order valence-electron chi connectivity index (χ3n) is 5.49. The molecule has 2 aliphatic rings. The van der Waals surface area contributed by atoms with Crippen LogP contribution >= 0.6 is 0 Å². The second-order valence-electron chi connectivity index (χ2n) is 8.15. The molecule has 1 unspecified atom stereocenters. The monoisotopic (exact) mass is 371 g/mol. The quantitative estimate of drug-likeness (QED) is 0.822. The Morgan fingerprint density at radius 1 is 1.33 bits per heavy atom. The van der Waals surface area contributed by atoms with E-state index >= 15 is 0 Å². The number of carbonyl (C=O) groups is 2. The second-order valence-corrected chi connectivity index (χ2v) is 8.15. The topological polar surface area (TPSA) is 73.2 Å². The molecular formula is C21H29N3O3. The van der Waals surface area contributed by atoms with E-state index in [2.05, 4.69) is 24.3 Å². The van der Waals surface area contributed by atoms with E-state index in [-0.39, 0.29) is 17.2 Å². The number of rotatable bonds is 4. The molecule has 27 heavy (non-hydrogen) atoms. The van der Waals surface area contributed by atoms with Gasteiger partial charge in [-0.1, -0.05) is 13.8 Å². The highest BCUT2D eigenvalue weighted by atomic mass is 16.5. The number of aromatic nitrogens is 2. The maximum atomic E-state index is 13.1. The van der Waals surface area contributed by atoms with Gasteiger partial charge in [0.2, 0.25) is 0 Å². The molecule has 1 aliphatic carbocycles. The molecule has 1 aliphatic heterocycles. The van der Waals surface area contributed by atoms with E-state index in [4.69, 9.17) is 4.74 Å². The van der Waals surface area contributed by atoms with Gasteiger partial charge in [0, 0.05) is 41.2 Å². The van der Waals surface area contributed by atoms with Crippen molar-refractivity contribution < 1.29 is 14.3 Å². The first kappa shape index (κ1) is 19.4. The predicted molar refractivity (Wildman–Crippen MR) is 103 cm³/mol. The number of dihydropyridines is 1. The fourth-order valence-corrected chi connectivity index (χ4v) is 4.29. The van der Waals surface area contributed by atoms with Crippen LogP contribution in [0.25, 0.3) is 0 Å². The summed E-state index contributed by atoms with van der Waals surface area (Å²) in [6.07, 6.45) is 3.04. The third kappa shape index (κ3) is 3.33. The number of carbonyl (C=O) groups excluding carboxylic acids is 2. The number of Topliss-reactive ketones (excluding diaryl/α,β-unsaturated/α-hetero) is 1. The highest BCUT2D eigenvalue weighted by Gasteiger charge is 2.44. The summed E-state index contributed by atoms with van der Waals surface area (Å²) >= 11 is 0. The number of hydrogen-bond acceptors (Lipinski definition) is 5. The molecule has 2 heterocycles. The predicted octanol–water partition coefficient (Wildman–Crippen LogP) is 3.38. The molecule has 1 aromatic rings. The van der Waals surface area contributed by atoms with Crippen molar-refractivity contribution in [3.05, 3.63) is 40.0 Å². The van der Waals surface area contributed by atoms with E-state index in [1.165, 1.54) is 0 Å². The molecule has 1 N–H and O–H groups in total. The Balaban J connectivity index is 2.20. The lowest BCUT2D eigenvalue weighted by atomic mass is 9.68. The molecule has 1 atom stereocenters. The van der Waals surface area contributed by atoms with Crippen molar-refractivity contribution in [2.24, 2.45) is 5.41 Å². The van der Waals surface area contributed by atoms with Crippen LogP contribution in [0.5, 0.6) is 0 Å². The molecule has 0 aromatic carbocycles. The number of ketones is 1. The van der Waals surface area contributed by atoms with Crippen LogP contribution < -0.4 is 5.32 Å². The van der Waals surface area contributed by atoms with Crippen molar-refractivity contribution in [3.63, 3.8) is 0 Å². The molecule has 3 rings (SSSR count). The summed E-state index contributed by atoms with van der Waals surface area (Å²) in [7, 11) is 0. The number of nitrogens with one attached hydrogen (secondary N) is 1. The molecule has 0 saturated heterocycles. The minimum atomic E-state index is -0.427. The van der Waals surface area contributed by atoms with Gasteiger partial charge in [0.15, 0.2) is 5.78 Å². The second kappa shape index (κ2) is 6.98. The van der Waals surface area contributed by atoms with Gasteiger partial charge in [-0.15, -0.1) is 0 Å². The summed E-state index contributed by atoms with van der Waals surface area (Å²) in [6, 6.07) is 0. The van der Waals surface area contributed by atoms with Crippen molar-refractivity contribution in [1.82, 2.24) is 15.1 Å². The Morgan fingerprint density at radius 2 is 2.04 bits per heavy atom. The number of ether oxygens (including phenoxy) is 1. The fourth-order valence-electron chi connectivity index (χ4n) is 4.29. The smallest absolute Gasteiger partial charge is 0.336 e. The summed E-state index contributed by atoms with van der Waals surface area (Å²) < 4.78 is 7.23. The van der Waals surface area contributed by atoms with Crippen LogP contribution in [0.4, 0.5) is 0 Å². The van der Waals surface area contributed by atoms with E-state index in [9.17, 15) is 9.59 Å². The Bertz CT molecular complexity index is 858. The van der Waals surface area contributed by atoms with Crippen molar-refractivity contribution in [1.29, 1.82) is 0 Å². The van der Waals surface area contributed by atoms with Crippen LogP contribution in [-0.4, -0.2) is 28.1 Å². The van der Waals surface area contributed by atoms with Gasteiger partial charge < -0.3 is 10.1 Å². The van der Waals surface area contributed by atoms with Crippen LogP contribution in [0.15, 0.2) is 28.7 Å². The summed E-state index contributed by atoms with van der Waals surface area (Å²) in [6.45, 7) is 12.9. The SMILES string of the molecule is CCOC(=O)C1=C(C)NC2=C(C(=O)CC(C)(C)C2)C1c1cnn(CC)c1C. The molecule has 0 saturated carbocycles. The first-order valence-corrected chi connectivity index (χ1v) is 9.63. The molecule has 146 valence electrons. The first-order valence-electron chi connectivity index (χ1n) is 9.63. The van der Waals surface area contributed by atoms with E-state index in [1.54, 1.807) is 13.1 Å². The maximum Gasteiger partial charge on any atom is 0.336 e. The third-order valence-corrected chi connectivity index (χ3v) is 5.49. The number of aryl methyl sites for hydroxylation is 1. The van der Waals surface area contributed by atoms with E-state index in [1.807, 2.05) is 25.5 Å². The highest BCUT2D eigenvalue weighted by Crippen LogP contribution is 2.47. The number of hydrogen-bond donors (Lipinski definition) is 1.